The average molecular weight is 1200 g/mol. The van der Waals surface area contributed by atoms with Crippen molar-refractivity contribution in [3.8, 4) is 0 Å². The molecule has 0 radical (unpaired) electrons. The van der Waals surface area contributed by atoms with Crippen LogP contribution in [0.4, 0.5) is 12.9 Å². The van der Waals surface area contributed by atoms with Gasteiger partial charge in [-0.3, -0.25) is 12.9 Å². The first-order chi connectivity index (χ1) is 32.6. The number of benzene rings is 1. The van der Waals surface area contributed by atoms with Gasteiger partial charge >= 0.3 is 7.54 Å². The van der Waals surface area contributed by atoms with Crippen LogP contribution in [0.1, 0.15) is 271 Å². The summed E-state index contributed by atoms with van der Waals surface area (Å²) in [4.78, 5) is 0.948. The van der Waals surface area contributed by atoms with E-state index in [1.807, 2.05) is 48.7 Å². The highest BCUT2D eigenvalue weighted by molar-refractivity contribution is 8.01. The van der Waals surface area contributed by atoms with E-state index >= 15 is 0 Å². The van der Waals surface area contributed by atoms with Crippen molar-refractivity contribution in [1.82, 2.24) is 4.31 Å². The van der Waals surface area contributed by atoms with Gasteiger partial charge in [0.25, 0.3) is 0 Å². The van der Waals surface area contributed by atoms with Gasteiger partial charge in [0.05, 0.1) is 9.93 Å². The molecule has 0 fully saturated rings. The molecule has 0 amide bonds. The van der Waals surface area contributed by atoms with Crippen LogP contribution in [0.15, 0.2) is 35.2 Å². The predicted octanol–water partition coefficient (Wildman–Crippen LogP) is 15.6. The zero-order valence-electron chi connectivity index (χ0n) is 51.1. The molecule has 442 valence electrons. The Morgan fingerprint density at radius 1 is 0.507 bits per heavy atom. The van der Waals surface area contributed by atoms with Crippen molar-refractivity contribution in [2.45, 2.75) is 276 Å². The Hall–Kier alpha value is -0.00506. The van der Waals surface area contributed by atoms with Crippen molar-refractivity contribution in [2.24, 2.45) is 52.3 Å². The third-order valence-electron chi connectivity index (χ3n) is 14.3. The molecule has 0 aliphatic rings. The summed E-state index contributed by atoms with van der Waals surface area (Å²) in [5.41, 5.74) is 0.943. The van der Waals surface area contributed by atoms with Crippen LogP contribution in [-0.2, 0) is 28.5 Å². The molecule has 0 spiro atoms. The van der Waals surface area contributed by atoms with E-state index in [0.29, 0.717) is 10.8 Å². The minimum Gasteiger partial charge on any atom is -1.00 e. The number of hydrogen-bond donors (Lipinski definition) is 0. The molecule has 0 saturated heterocycles. The molecule has 0 heterocycles. The summed E-state index contributed by atoms with van der Waals surface area (Å²) in [6.45, 7) is 33.9. The lowest BCUT2D eigenvalue weighted by Gasteiger charge is -2.36. The Bertz CT molecular complexity index is 1400. The van der Waals surface area contributed by atoms with Crippen molar-refractivity contribution in [3.63, 3.8) is 0 Å². The molecule has 11 heteroatoms. The Morgan fingerprint density at radius 2 is 0.877 bits per heavy atom. The maximum absolute atomic E-state index is 12.8. The number of nitrogens with zero attached hydrogens (tertiary/aromatic N) is 1. The van der Waals surface area contributed by atoms with Gasteiger partial charge in [-0.1, -0.05) is 249 Å². The van der Waals surface area contributed by atoms with Crippen LogP contribution in [0.25, 0.3) is 0 Å². The zero-order valence-corrected chi connectivity index (χ0v) is 54.9. The zero-order chi connectivity index (χ0) is 54.4. The molecule has 0 aromatic heterocycles. The van der Waals surface area contributed by atoms with Crippen LogP contribution >= 0.6 is 0 Å². The SMILES string of the molecule is C.CCCC(CCC(CCC)C(CCC)C(CCC)CCCC(CCC)C(CCC)CC(CCC)CCC(C)(C)C)CCC(C)(C)C.CCCC[S+](=O)(c1ccccc1)N(C)C.C[S+](C)(C)=O.FB(F)F.[F-].[I-]. The fourth-order valence-corrected chi connectivity index (χ4v) is 13.2. The second-order valence-electron chi connectivity index (χ2n) is 24.7. The number of halogens is 5. The summed E-state index contributed by atoms with van der Waals surface area (Å²) in [6, 6.07) is 9.77. The van der Waals surface area contributed by atoms with E-state index in [0.717, 1.165) is 64.9 Å². The Morgan fingerprint density at radius 3 is 1.27 bits per heavy atom. The predicted molar refractivity (Wildman–Crippen MR) is 322 cm³/mol. The Labute approximate surface area is 476 Å². The largest absolute Gasteiger partial charge is 1.00 e. The van der Waals surface area contributed by atoms with Gasteiger partial charge in [-0.2, -0.15) is 0 Å². The van der Waals surface area contributed by atoms with Crippen LogP contribution in [0.2, 0.25) is 0 Å². The highest BCUT2D eigenvalue weighted by Crippen LogP contribution is 2.42. The van der Waals surface area contributed by atoms with Crippen LogP contribution in [0, 0.1) is 52.3 Å². The third-order valence-corrected chi connectivity index (χ3v) is 17.4. The van der Waals surface area contributed by atoms with Gasteiger partial charge in [0.2, 0.25) is 0 Å². The van der Waals surface area contributed by atoms with E-state index < -0.39 is 27.6 Å². The molecule has 1 rings (SSSR count). The van der Waals surface area contributed by atoms with Gasteiger partial charge in [-0.25, -0.2) is 0 Å². The maximum Gasteiger partial charge on any atom is 0.762 e. The molecule has 1 aromatic carbocycles. The standard InChI is InChI=1S/C46H94.C12H20NOS.C3H9OS.CH4.BF3.FH.HI/c1-14-22-38(33-35-45(8,9)10)31-32-42(26-18-5)44(28-20-7)41(25-17-4)30-21-29-40(24-16-3)43(27-19-6)37-39(23-15-2)34-36-46(11,12)13;1-4-5-11-15(14,13(2)3)12-9-7-6-8-10-12;1-5(2,3)4;;2-1(3)4;;/h38-44H,14-37H2,1-13H3;6-10H,4-5,11H2,1-3H3;1-3H3;1H4;;2*1H/q;2*+1;;;;/p-2. The molecular formula is C62H127BF4INO2S2. The second-order valence-corrected chi connectivity index (χ2v) is 31.0. The van der Waals surface area contributed by atoms with Crippen LogP contribution in [0.5, 0.6) is 0 Å². The van der Waals surface area contributed by atoms with Crippen molar-refractivity contribution >= 4 is 27.6 Å². The van der Waals surface area contributed by atoms with Gasteiger partial charge in [-0.15, -0.1) is 8.51 Å². The van der Waals surface area contributed by atoms with Gasteiger partial charge in [0.1, 0.15) is 24.5 Å². The van der Waals surface area contributed by atoms with Crippen LogP contribution < -0.4 is 28.7 Å². The molecule has 1 aromatic rings. The third kappa shape index (κ3) is 48.8. The highest BCUT2D eigenvalue weighted by Gasteiger charge is 2.34. The van der Waals surface area contributed by atoms with Gasteiger partial charge in [0.15, 0.2) is 15.0 Å². The normalized spacial score (nSPS) is 15.3. The van der Waals surface area contributed by atoms with Crippen LogP contribution in [-0.4, -0.2) is 50.5 Å². The van der Waals surface area contributed by atoms with Crippen LogP contribution in [0.3, 0.4) is 0 Å². The summed E-state index contributed by atoms with van der Waals surface area (Å²) in [5.74, 6) is 7.40. The smallest absolute Gasteiger partial charge is 0.762 e. The minimum absolute atomic E-state index is 0. The topological polar surface area (TPSA) is 37.4 Å². The number of rotatable bonds is 35. The molecular weight excluding hydrogens is 1070 g/mol. The molecule has 73 heavy (non-hydrogen) atoms. The molecule has 3 nitrogen and oxygen atoms in total. The minimum atomic E-state index is -3.67. The molecule has 8 atom stereocenters. The molecule has 0 N–H and O–H groups in total. The van der Waals surface area contributed by atoms with Gasteiger partial charge in [0, 0.05) is 14.1 Å². The monoisotopic (exact) mass is 1200 g/mol. The van der Waals surface area contributed by atoms with E-state index in [-0.39, 0.29) is 36.1 Å². The van der Waals surface area contributed by atoms with Gasteiger partial charge in [-0.05, 0) is 109 Å². The van der Waals surface area contributed by atoms with E-state index in [9.17, 15) is 21.4 Å². The fraction of sp³-hybridized carbons (Fsp3) is 0.903. The molecule has 8 unspecified atom stereocenters. The van der Waals surface area contributed by atoms with E-state index in [2.05, 4.69) is 96.9 Å². The summed E-state index contributed by atoms with van der Waals surface area (Å²) in [5, 5.41) is 0. The van der Waals surface area contributed by atoms with Crippen molar-refractivity contribution in [3.05, 3.63) is 30.3 Å². The lowest BCUT2D eigenvalue weighted by molar-refractivity contribution is -0.001000. The van der Waals surface area contributed by atoms with Crippen molar-refractivity contribution in [1.29, 1.82) is 0 Å². The summed E-state index contributed by atoms with van der Waals surface area (Å²) in [6.07, 6.45) is 41.7. The maximum atomic E-state index is 12.8. The average Bonchev–Trinajstić information content (AvgIpc) is 3.25. The van der Waals surface area contributed by atoms with Crippen molar-refractivity contribution < 1.29 is 50.0 Å². The Balaban J connectivity index is -0.000000340. The molecule has 0 aliphatic heterocycles. The molecule has 0 saturated carbocycles. The number of unbranched alkanes of at least 4 members (excludes halogenated alkanes) is 1. The Kier molecular flexibility index (Phi) is 56.7. The highest BCUT2D eigenvalue weighted by atomic mass is 127. The lowest BCUT2D eigenvalue weighted by atomic mass is 9.69. The first-order valence-electron chi connectivity index (χ1n) is 29.2. The van der Waals surface area contributed by atoms with Gasteiger partial charge < -0.3 is 28.7 Å². The first kappa shape index (κ1) is 84.3. The fourth-order valence-electron chi connectivity index (χ4n) is 10.9. The molecule has 0 aliphatic carbocycles. The van der Waals surface area contributed by atoms with E-state index in [1.165, 1.54) is 154 Å². The van der Waals surface area contributed by atoms with E-state index in [1.54, 1.807) is 18.8 Å². The quantitative estimate of drug-likeness (QED) is 0.0294. The number of hydrogen-bond acceptors (Lipinski definition) is 2. The van der Waals surface area contributed by atoms with E-state index in [4.69, 9.17) is 0 Å². The summed E-state index contributed by atoms with van der Waals surface area (Å²) >= 11 is 0. The summed E-state index contributed by atoms with van der Waals surface area (Å²) < 4.78 is 53.8. The molecule has 0 bridgehead atoms. The first-order valence-corrected chi connectivity index (χ1v) is 33.6. The summed E-state index contributed by atoms with van der Waals surface area (Å²) in [7, 11) is -3.31. The lowest BCUT2D eigenvalue weighted by Crippen LogP contribution is -3.00. The second kappa shape index (κ2) is 49.1. The van der Waals surface area contributed by atoms with Crippen molar-refractivity contribution in [2.75, 3.05) is 38.6 Å².